The molecular formula is C16H21N3O2. The molecule has 0 spiro atoms. The number of aromatic nitrogens is 2. The molecule has 3 aliphatic carbocycles. The molecule has 21 heavy (non-hydrogen) atoms. The molecular weight excluding hydrogens is 266 g/mol. The second kappa shape index (κ2) is 5.13. The summed E-state index contributed by atoms with van der Waals surface area (Å²) in [5.74, 6) is 1.08. The second-order valence-electron chi connectivity index (χ2n) is 6.59. The molecule has 1 saturated carbocycles. The number of nitrogens with zero attached hydrogens (tertiary/aromatic N) is 1. The average Bonchev–Trinajstić information content (AvgIpc) is 2.47. The molecule has 2 N–H and O–H groups in total. The highest BCUT2D eigenvalue weighted by Crippen LogP contribution is 2.59. The third-order valence-electron chi connectivity index (χ3n) is 5.20. The Morgan fingerprint density at radius 1 is 1.52 bits per heavy atom. The molecule has 1 aromatic heterocycles. The highest BCUT2D eigenvalue weighted by atomic mass is 16.2. The van der Waals surface area contributed by atoms with Crippen molar-refractivity contribution in [1.82, 2.24) is 15.3 Å². The lowest BCUT2D eigenvalue weighted by atomic mass is 9.48. The summed E-state index contributed by atoms with van der Waals surface area (Å²) in [6, 6.07) is 0. The van der Waals surface area contributed by atoms with Gasteiger partial charge in [0.2, 0.25) is 0 Å². The van der Waals surface area contributed by atoms with Crippen molar-refractivity contribution in [3.8, 4) is 0 Å². The fourth-order valence-electron chi connectivity index (χ4n) is 3.67. The van der Waals surface area contributed by atoms with Gasteiger partial charge in [-0.3, -0.25) is 9.59 Å². The van der Waals surface area contributed by atoms with Crippen molar-refractivity contribution >= 4 is 5.91 Å². The summed E-state index contributed by atoms with van der Waals surface area (Å²) in [7, 11) is 0. The highest BCUT2D eigenvalue weighted by molar-refractivity contribution is 5.91. The van der Waals surface area contributed by atoms with Gasteiger partial charge in [0, 0.05) is 18.9 Å². The van der Waals surface area contributed by atoms with Crippen LogP contribution in [0.4, 0.5) is 0 Å². The number of nitrogens with one attached hydrogen (secondary N) is 2. The molecule has 1 aromatic rings. The van der Waals surface area contributed by atoms with Crippen molar-refractivity contribution in [3.05, 3.63) is 40.1 Å². The molecule has 3 aliphatic rings. The maximum Gasteiger partial charge on any atom is 0.279 e. The van der Waals surface area contributed by atoms with Crippen molar-refractivity contribution in [2.45, 2.75) is 33.1 Å². The van der Waals surface area contributed by atoms with Crippen molar-refractivity contribution < 1.29 is 4.79 Å². The topological polar surface area (TPSA) is 74.8 Å². The standard InChI is InChI=1S/C16H21N3O2/c1-16(2)11-4-3-10(12(16)9-11)5-6-18-14(20)13-15(21)19-8-7-17-13/h3,7-8,11-12H,4-6,9H2,1-2H3,(H,18,20)(H,19,21)/t11-,12-/m0/s1. The molecule has 1 heterocycles. The first-order valence-electron chi connectivity index (χ1n) is 7.51. The molecule has 2 bridgehead atoms. The quantitative estimate of drug-likeness (QED) is 0.830. The van der Waals surface area contributed by atoms with Gasteiger partial charge in [-0.1, -0.05) is 25.5 Å². The van der Waals surface area contributed by atoms with E-state index in [1.54, 1.807) is 0 Å². The van der Waals surface area contributed by atoms with Crippen molar-refractivity contribution in [2.24, 2.45) is 17.3 Å². The van der Waals surface area contributed by atoms with Gasteiger partial charge in [-0.15, -0.1) is 0 Å². The highest BCUT2D eigenvalue weighted by Gasteiger charge is 2.50. The maximum absolute atomic E-state index is 11.9. The molecule has 2 atom stereocenters. The van der Waals surface area contributed by atoms with E-state index in [-0.39, 0.29) is 5.69 Å². The minimum absolute atomic E-state index is 0.0702. The van der Waals surface area contributed by atoms with Crippen molar-refractivity contribution in [2.75, 3.05) is 6.54 Å². The Balaban J connectivity index is 1.56. The molecule has 0 aliphatic heterocycles. The molecule has 5 nitrogen and oxygen atoms in total. The van der Waals surface area contributed by atoms with Gasteiger partial charge in [0.25, 0.3) is 11.5 Å². The number of carbonyl (C=O) groups excluding carboxylic acids is 1. The monoisotopic (exact) mass is 287 g/mol. The second-order valence-corrected chi connectivity index (χ2v) is 6.59. The smallest absolute Gasteiger partial charge is 0.279 e. The van der Waals surface area contributed by atoms with E-state index in [4.69, 9.17) is 0 Å². The number of rotatable bonds is 4. The zero-order valence-electron chi connectivity index (χ0n) is 12.5. The summed E-state index contributed by atoms with van der Waals surface area (Å²) in [5.41, 5.74) is 1.35. The van der Waals surface area contributed by atoms with Crippen molar-refractivity contribution in [3.63, 3.8) is 0 Å². The molecule has 0 aromatic carbocycles. The summed E-state index contributed by atoms with van der Waals surface area (Å²) >= 11 is 0. The van der Waals surface area contributed by atoms with Crippen LogP contribution in [0.5, 0.6) is 0 Å². The maximum atomic E-state index is 11.9. The van der Waals surface area contributed by atoms with Gasteiger partial charge in [0.15, 0.2) is 5.69 Å². The van der Waals surface area contributed by atoms with Crippen LogP contribution in [0.3, 0.4) is 0 Å². The van der Waals surface area contributed by atoms with E-state index >= 15 is 0 Å². The average molecular weight is 287 g/mol. The molecule has 5 heteroatoms. The number of hydrogen-bond acceptors (Lipinski definition) is 3. The number of aromatic amines is 1. The first-order valence-corrected chi connectivity index (χ1v) is 7.51. The molecule has 1 amide bonds. The molecule has 0 unspecified atom stereocenters. The normalized spacial score (nSPS) is 25.7. The number of hydrogen-bond donors (Lipinski definition) is 2. The van der Waals surface area contributed by atoms with Gasteiger partial charge in [-0.25, -0.2) is 4.98 Å². The summed E-state index contributed by atoms with van der Waals surface area (Å²) < 4.78 is 0. The van der Waals surface area contributed by atoms with E-state index in [1.165, 1.54) is 24.4 Å². The fraction of sp³-hybridized carbons (Fsp3) is 0.562. The molecule has 112 valence electrons. The summed E-state index contributed by atoms with van der Waals surface area (Å²) in [6.07, 6.45) is 8.47. The first kappa shape index (κ1) is 14.0. The van der Waals surface area contributed by atoms with E-state index in [2.05, 4.69) is 35.2 Å². The van der Waals surface area contributed by atoms with Crippen LogP contribution in [0, 0.1) is 17.3 Å². The zero-order valence-corrected chi connectivity index (χ0v) is 12.5. The van der Waals surface area contributed by atoms with Gasteiger partial charge in [-0.05, 0) is 36.5 Å². The lowest BCUT2D eigenvalue weighted by molar-refractivity contribution is -0.00811. The van der Waals surface area contributed by atoms with Crippen LogP contribution < -0.4 is 10.9 Å². The van der Waals surface area contributed by atoms with Crippen molar-refractivity contribution in [1.29, 1.82) is 0 Å². The van der Waals surface area contributed by atoms with Gasteiger partial charge < -0.3 is 10.3 Å². The molecule has 0 saturated heterocycles. The van der Waals surface area contributed by atoms with Crippen LogP contribution in [0.25, 0.3) is 0 Å². The number of fused-ring (bicyclic) bond motifs is 1. The Morgan fingerprint density at radius 2 is 2.33 bits per heavy atom. The summed E-state index contributed by atoms with van der Waals surface area (Å²) in [5, 5.41) is 2.79. The third kappa shape index (κ3) is 2.41. The molecule has 0 radical (unpaired) electrons. The SMILES string of the molecule is CC1(C)[C@H]2CC=C(CCNC(=O)c3ncc[nH]c3=O)[C@@H]1C2. The summed E-state index contributed by atoms with van der Waals surface area (Å²) in [6.45, 7) is 5.23. The Hall–Kier alpha value is -1.91. The fourth-order valence-corrected chi connectivity index (χ4v) is 3.67. The summed E-state index contributed by atoms with van der Waals surface area (Å²) in [4.78, 5) is 29.7. The van der Waals surface area contributed by atoms with Gasteiger partial charge in [-0.2, -0.15) is 0 Å². The predicted molar refractivity (Wildman–Crippen MR) is 79.9 cm³/mol. The lowest BCUT2D eigenvalue weighted by Gasteiger charge is -2.56. The van der Waals surface area contributed by atoms with Crippen LogP contribution >= 0.6 is 0 Å². The van der Waals surface area contributed by atoms with Crippen LogP contribution in [-0.4, -0.2) is 22.4 Å². The molecule has 1 fully saturated rings. The van der Waals surface area contributed by atoms with E-state index in [1.807, 2.05) is 0 Å². The van der Waals surface area contributed by atoms with Gasteiger partial charge in [0.1, 0.15) is 0 Å². The lowest BCUT2D eigenvalue weighted by Crippen LogP contribution is -2.48. The first-order chi connectivity index (χ1) is 10.00. The number of H-pyrrole nitrogens is 1. The molecule has 4 rings (SSSR count). The van der Waals surface area contributed by atoms with Crippen LogP contribution in [-0.2, 0) is 0 Å². The van der Waals surface area contributed by atoms with Gasteiger partial charge >= 0.3 is 0 Å². The van der Waals surface area contributed by atoms with E-state index < -0.39 is 11.5 Å². The predicted octanol–water partition coefficient (Wildman–Crippen LogP) is 1.88. The third-order valence-corrected chi connectivity index (χ3v) is 5.20. The largest absolute Gasteiger partial charge is 0.350 e. The van der Waals surface area contributed by atoms with E-state index in [0.29, 0.717) is 17.9 Å². The Labute approximate surface area is 123 Å². The van der Waals surface area contributed by atoms with Crippen LogP contribution in [0.2, 0.25) is 0 Å². The number of allylic oxidation sites excluding steroid dienone is 1. The number of carbonyl (C=O) groups is 1. The number of amides is 1. The van der Waals surface area contributed by atoms with E-state index in [0.717, 1.165) is 18.8 Å². The van der Waals surface area contributed by atoms with Crippen LogP contribution in [0.1, 0.15) is 43.6 Å². The Bertz CT molecular complexity index is 645. The van der Waals surface area contributed by atoms with E-state index in [9.17, 15) is 9.59 Å². The minimum Gasteiger partial charge on any atom is -0.350 e. The zero-order chi connectivity index (χ0) is 15.0. The Kier molecular flexibility index (Phi) is 3.43. The minimum atomic E-state index is -0.449. The van der Waals surface area contributed by atoms with Crippen LogP contribution in [0.15, 0.2) is 28.8 Å². The van der Waals surface area contributed by atoms with Gasteiger partial charge in [0.05, 0.1) is 0 Å². The Morgan fingerprint density at radius 3 is 3.00 bits per heavy atom.